The smallest absolute Gasteiger partial charge is 0.126 e. The lowest BCUT2D eigenvalue weighted by Gasteiger charge is -2.34. The predicted molar refractivity (Wildman–Crippen MR) is 68.6 cm³/mol. The molecule has 16 heavy (non-hydrogen) atoms. The zero-order valence-electron chi connectivity index (χ0n) is 10.5. The first kappa shape index (κ1) is 11.4. The predicted octanol–water partition coefficient (Wildman–Crippen LogP) is 3.63. The number of nitrogens with zero attached hydrogens (tertiary/aromatic N) is 1. The van der Waals surface area contributed by atoms with Crippen LogP contribution in [0.5, 0.6) is 0 Å². The standard InChI is InChI=1S/C14H22N2/c1-10-7-8-15-14(9-10)16-13-6-4-5-11(2)12(13)3/h7-9,11-13H,4-6H2,1-3H3,(H,15,16)/t11-,12-,13-/m1/s1. The zero-order chi connectivity index (χ0) is 11.5. The van der Waals surface area contributed by atoms with E-state index in [0.29, 0.717) is 6.04 Å². The fourth-order valence-corrected chi connectivity index (χ4v) is 2.59. The Balaban J connectivity index is 2.03. The molecule has 0 bridgehead atoms. The fraction of sp³-hybridized carbons (Fsp3) is 0.643. The van der Waals surface area contributed by atoms with E-state index in [1.807, 2.05) is 12.3 Å². The molecule has 0 radical (unpaired) electrons. The summed E-state index contributed by atoms with van der Waals surface area (Å²) in [5.41, 5.74) is 1.27. The molecule has 2 heteroatoms. The first-order valence-corrected chi connectivity index (χ1v) is 6.36. The van der Waals surface area contributed by atoms with Crippen molar-refractivity contribution in [3.05, 3.63) is 23.9 Å². The van der Waals surface area contributed by atoms with E-state index in [1.54, 1.807) is 0 Å². The number of aryl methyl sites for hydroxylation is 1. The molecule has 0 aliphatic heterocycles. The summed E-state index contributed by atoms with van der Waals surface area (Å²) in [5.74, 6) is 2.61. The second kappa shape index (κ2) is 4.86. The van der Waals surface area contributed by atoms with Gasteiger partial charge in [0.1, 0.15) is 5.82 Å². The van der Waals surface area contributed by atoms with E-state index < -0.39 is 0 Å². The van der Waals surface area contributed by atoms with Gasteiger partial charge in [0.25, 0.3) is 0 Å². The lowest BCUT2D eigenvalue weighted by Crippen LogP contribution is -2.35. The molecule has 2 rings (SSSR count). The second-order valence-corrected chi connectivity index (χ2v) is 5.24. The van der Waals surface area contributed by atoms with Crippen LogP contribution in [0.3, 0.4) is 0 Å². The van der Waals surface area contributed by atoms with Gasteiger partial charge in [-0.1, -0.05) is 26.7 Å². The number of anilines is 1. The Kier molecular flexibility index (Phi) is 3.47. The average Bonchev–Trinajstić information content (AvgIpc) is 2.25. The van der Waals surface area contributed by atoms with E-state index >= 15 is 0 Å². The van der Waals surface area contributed by atoms with Crippen LogP contribution in [0, 0.1) is 18.8 Å². The number of hydrogen-bond acceptors (Lipinski definition) is 2. The molecule has 1 fully saturated rings. The van der Waals surface area contributed by atoms with Crippen LogP contribution in [0.25, 0.3) is 0 Å². The van der Waals surface area contributed by atoms with Gasteiger partial charge in [-0.05, 0) is 42.9 Å². The Morgan fingerprint density at radius 3 is 2.88 bits per heavy atom. The molecule has 0 aromatic carbocycles. The van der Waals surface area contributed by atoms with Crippen molar-refractivity contribution >= 4 is 5.82 Å². The van der Waals surface area contributed by atoms with Crippen molar-refractivity contribution in [2.75, 3.05) is 5.32 Å². The summed E-state index contributed by atoms with van der Waals surface area (Å²) in [7, 11) is 0. The van der Waals surface area contributed by atoms with Gasteiger partial charge < -0.3 is 5.32 Å². The van der Waals surface area contributed by atoms with E-state index in [9.17, 15) is 0 Å². The Morgan fingerprint density at radius 2 is 2.12 bits per heavy atom. The molecule has 3 atom stereocenters. The molecule has 2 nitrogen and oxygen atoms in total. The Hall–Kier alpha value is -1.05. The summed E-state index contributed by atoms with van der Waals surface area (Å²) in [6, 6.07) is 4.77. The van der Waals surface area contributed by atoms with Gasteiger partial charge in [0.05, 0.1) is 0 Å². The second-order valence-electron chi connectivity index (χ2n) is 5.24. The molecule has 0 spiro atoms. The van der Waals surface area contributed by atoms with Crippen molar-refractivity contribution in [3.63, 3.8) is 0 Å². The van der Waals surface area contributed by atoms with Crippen molar-refractivity contribution in [3.8, 4) is 0 Å². The van der Waals surface area contributed by atoms with Gasteiger partial charge in [0, 0.05) is 12.2 Å². The SMILES string of the molecule is Cc1ccnc(N[C@@H]2CCC[C@@H](C)[C@H]2C)c1. The normalized spacial score (nSPS) is 30.1. The van der Waals surface area contributed by atoms with Gasteiger partial charge in [0.2, 0.25) is 0 Å². The van der Waals surface area contributed by atoms with Crippen LogP contribution in [0.1, 0.15) is 38.7 Å². The van der Waals surface area contributed by atoms with Gasteiger partial charge in [-0.25, -0.2) is 4.98 Å². The van der Waals surface area contributed by atoms with E-state index in [1.165, 1.54) is 24.8 Å². The monoisotopic (exact) mass is 218 g/mol. The highest BCUT2D eigenvalue weighted by molar-refractivity contribution is 5.38. The highest BCUT2D eigenvalue weighted by Gasteiger charge is 2.26. The van der Waals surface area contributed by atoms with Crippen LogP contribution >= 0.6 is 0 Å². The Morgan fingerprint density at radius 1 is 1.31 bits per heavy atom. The van der Waals surface area contributed by atoms with Gasteiger partial charge in [0.15, 0.2) is 0 Å². The summed E-state index contributed by atoms with van der Waals surface area (Å²) in [6.07, 6.45) is 5.88. The molecular weight excluding hydrogens is 196 g/mol. The van der Waals surface area contributed by atoms with E-state index in [4.69, 9.17) is 0 Å². The molecule has 0 unspecified atom stereocenters. The lowest BCUT2D eigenvalue weighted by atomic mass is 9.78. The van der Waals surface area contributed by atoms with Crippen LogP contribution in [0.2, 0.25) is 0 Å². The van der Waals surface area contributed by atoms with Crippen LogP contribution in [-0.4, -0.2) is 11.0 Å². The molecular formula is C14H22N2. The molecule has 1 saturated carbocycles. The third-order valence-electron chi connectivity index (χ3n) is 3.96. The first-order valence-electron chi connectivity index (χ1n) is 6.36. The Labute approximate surface area is 98.5 Å². The van der Waals surface area contributed by atoms with E-state index in [0.717, 1.165) is 17.7 Å². The molecule has 1 aromatic rings. The lowest BCUT2D eigenvalue weighted by molar-refractivity contribution is 0.253. The van der Waals surface area contributed by atoms with Crippen molar-refractivity contribution < 1.29 is 0 Å². The minimum atomic E-state index is 0.595. The summed E-state index contributed by atoms with van der Waals surface area (Å²) < 4.78 is 0. The summed E-state index contributed by atoms with van der Waals surface area (Å²) in [6.45, 7) is 6.83. The van der Waals surface area contributed by atoms with Gasteiger partial charge in [-0.2, -0.15) is 0 Å². The molecule has 1 N–H and O–H groups in total. The minimum Gasteiger partial charge on any atom is -0.367 e. The molecule has 88 valence electrons. The van der Waals surface area contributed by atoms with E-state index in [2.05, 4.69) is 37.1 Å². The molecule has 1 aliphatic rings. The van der Waals surface area contributed by atoms with Crippen molar-refractivity contribution in [1.29, 1.82) is 0 Å². The number of aromatic nitrogens is 1. The van der Waals surface area contributed by atoms with E-state index in [-0.39, 0.29) is 0 Å². The molecule has 1 aromatic heterocycles. The minimum absolute atomic E-state index is 0.595. The van der Waals surface area contributed by atoms with Crippen LogP contribution in [-0.2, 0) is 0 Å². The van der Waals surface area contributed by atoms with Crippen molar-refractivity contribution in [1.82, 2.24) is 4.98 Å². The molecule has 1 heterocycles. The number of rotatable bonds is 2. The van der Waals surface area contributed by atoms with Gasteiger partial charge in [-0.3, -0.25) is 0 Å². The number of pyridine rings is 1. The highest BCUT2D eigenvalue weighted by Crippen LogP contribution is 2.31. The first-order chi connectivity index (χ1) is 7.66. The van der Waals surface area contributed by atoms with Crippen molar-refractivity contribution in [2.45, 2.75) is 46.1 Å². The molecule has 0 amide bonds. The zero-order valence-corrected chi connectivity index (χ0v) is 10.5. The van der Waals surface area contributed by atoms with Gasteiger partial charge >= 0.3 is 0 Å². The maximum absolute atomic E-state index is 4.38. The number of nitrogens with one attached hydrogen (secondary N) is 1. The Bertz CT molecular complexity index is 348. The van der Waals surface area contributed by atoms with Crippen LogP contribution in [0.4, 0.5) is 5.82 Å². The largest absolute Gasteiger partial charge is 0.367 e. The quantitative estimate of drug-likeness (QED) is 0.820. The summed E-state index contributed by atoms with van der Waals surface area (Å²) in [4.78, 5) is 4.38. The maximum Gasteiger partial charge on any atom is 0.126 e. The number of hydrogen-bond donors (Lipinski definition) is 1. The van der Waals surface area contributed by atoms with Crippen LogP contribution < -0.4 is 5.32 Å². The summed E-state index contributed by atoms with van der Waals surface area (Å²) in [5, 5.41) is 3.59. The molecule has 0 saturated heterocycles. The molecule has 1 aliphatic carbocycles. The average molecular weight is 218 g/mol. The third-order valence-corrected chi connectivity index (χ3v) is 3.96. The third kappa shape index (κ3) is 2.55. The van der Waals surface area contributed by atoms with Crippen molar-refractivity contribution in [2.24, 2.45) is 11.8 Å². The highest BCUT2D eigenvalue weighted by atomic mass is 15.0. The summed E-state index contributed by atoms with van der Waals surface area (Å²) >= 11 is 0. The fourth-order valence-electron chi connectivity index (χ4n) is 2.59. The van der Waals surface area contributed by atoms with Gasteiger partial charge in [-0.15, -0.1) is 0 Å². The van der Waals surface area contributed by atoms with Crippen LogP contribution in [0.15, 0.2) is 18.3 Å². The topological polar surface area (TPSA) is 24.9 Å². The maximum atomic E-state index is 4.38.